The SMILES string of the molecule is NC(=S)C1(C(=O)Nc2cc(C(F)(F)F)ccc2Br)CC1. The van der Waals surface area contributed by atoms with Gasteiger partial charge in [-0.2, -0.15) is 13.2 Å². The molecule has 0 aromatic heterocycles. The third-order valence-electron chi connectivity index (χ3n) is 3.20. The Morgan fingerprint density at radius 2 is 2.00 bits per heavy atom. The van der Waals surface area contributed by atoms with Crippen LogP contribution in [0.1, 0.15) is 18.4 Å². The summed E-state index contributed by atoms with van der Waals surface area (Å²) in [6.07, 6.45) is -3.43. The van der Waals surface area contributed by atoms with Gasteiger partial charge in [0.15, 0.2) is 0 Å². The van der Waals surface area contributed by atoms with Gasteiger partial charge in [-0.15, -0.1) is 0 Å². The van der Waals surface area contributed by atoms with Gasteiger partial charge in [0.2, 0.25) is 5.91 Å². The highest BCUT2D eigenvalue weighted by atomic mass is 79.9. The minimum absolute atomic E-state index is 0.0485. The van der Waals surface area contributed by atoms with E-state index in [9.17, 15) is 18.0 Å². The minimum atomic E-state index is -4.47. The van der Waals surface area contributed by atoms with Crippen LogP contribution in [0.2, 0.25) is 0 Å². The summed E-state index contributed by atoms with van der Waals surface area (Å²) in [4.78, 5) is 12.1. The molecule has 0 radical (unpaired) electrons. The molecular formula is C12H10BrF3N2OS. The lowest BCUT2D eigenvalue weighted by atomic mass is 10.1. The van der Waals surface area contributed by atoms with Gasteiger partial charge in [0.25, 0.3) is 0 Å². The van der Waals surface area contributed by atoms with Crippen LogP contribution in [-0.2, 0) is 11.0 Å². The van der Waals surface area contributed by atoms with Crippen LogP contribution in [-0.4, -0.2) is 10.9 Å². The minimum Gasteiger partial charge on any atom is -0.392 e. The summed E-state index contributed by atoms with van der Waals surface area (Å²) in [5.74, 6) is -0.468. The number of nitrogens with one attached hydrogen (secondary N) is 1. The second-order valence-corrected chi connectivity index (χ2v) is 5.89. The van der Waals surface area contributed by atoms with Crippen molar-refractivity contribution in [2.75, 3.05) is 5.32 Å². The first-order chi connectivity index (χ1) is 9.17. The zero-order chi connectivity index (χ0) is 15.1. The first kappa shape index (κ1) is 15.2. The van der Waals surface area contributed by atoms with Crippen molar-refractivity contribution < 1.29 is 18.0 Å². The summed E-state index contributed by atoms with van der Waals surface area (Å²) in [6.45, 7) is 0. The fourth-order valence-electron chi connectivity index (χ4n) is 1.75. The van der Waals surface area contributed by atoms with Crippen molar-refractivity contribution in [1.82, 2.24) is 0 Å². The number of halogens is 4. The van der Waals surface area contributed by atoms with E-state index in [-0.39, 0.29) is 10.7 Å². The third kappa shape index (κ3) is 2.80. The van der Waals surface area contributed by atoms with E-state index in [0.717, 1.165) is 12.1 Å². The molecule has 0 aliphatic heterocycles. The maximum atomic E-state index is 12.6. The summed E-state index contributed by atoms with van der Waals surface area (Å²) >= 11 is 7.93. The van der Waals surface area contributed by atoms with Crippen LogP contribution < -0.4 is 11.1 Å². The van der Waals surface area contributed by atoms with Crippen LogP contribution in [0.3, 0.4) is 0 Å². The molecule has 20 heavy (non-hydrogen) atoms. The molecule has 8 heteroatoms. The van der Waals surface area contributed by atoms with Gasteiger partial charge in [-0.1, -0.05) is 12.2 Å². The molecule has 3 N–H and O–H groups in total. The predicted octanol–water partition coefficient (Wildman–Crippen LogP) is 3.47. The molecular weight excluding hydrogens is 357 g/mol. The molecule has 1 aromatic rings. The first-order valence-corrected chi connectivity index (χ1v) is 6.85. The maximum absolute atomic E-state index is 12.6. The number of alkyl halides is 3. The molecule has 0 bridgehead atoms. The van der Waals surface area contributed by atoms with Crippen LogP contribution in [0.25, 0.3) is 0 Å². The van der Waals surface area contributed by atoms with Crippen LogP contribution in [0, 0.1) is 5.41 Å². The van der Waals surface area contributed by atoms with E-state index >= 15 is 0 Å². The number of benzene rings is 1. The van der Waals surface area contributed by atoms with Crippen molar-refractivity contribution in [3.63, 3.8) is 0 Å². The Morgan fingerprint density at radius 1 is 1.40 bits per heavy atom. The van der Waals surface area contributed by atoms with Gasteiger partial charge in [-0.25, -0.2) is 0 Å². The van der Waals surface area contributed by atoms with E-state index in [1.54, 1.807) is 0 Å². The molecule has 0 atom stereocenters. The monoisotopic (exact) mass is 366 g/mol. The number of anilines is 1. The summed E-state index contributed by atoms with van der Waals surface area (Å²) < 4.78 is 38.3. The van der Waals surface area contributed by atoms with E-state index in [0.29, 0.717) is 17.3 Å². The summed E-state index contributed by atoms with van der Waals surface area (Å²) in [5, 5.41) is 2.45. The Morgan fingerprint density at radius 3 is 2.45 bits per heavy atom. The van der Waals surface area contributed by atoms with Crippen molar-refractivity contribution >= 4 is 44.7 Å². The highest BCUT2D eigenvalue weighted by Crippen LogP contribution is 2.47. The smallest absolute Gasteiger partial charge is 0.392 e. The average molecular weight is 367 g/mol. The molecule has 0 spiro atoms. The van der Waals surface area contributed by atoms with Crippen molar-refractivity contribution in [3.8, 4) is 0 Å². The maximum Gasteiger partial charge on any atom is 0.416 e. The lowest BCUT2D eigenvalue weighted by Crippen LogP contribution is -2.35. The Bertz CT molecular complexity index is 585. The molecule has 1 fully saturated rings. The van der Waals surface area contributed by atoms with Crippen LogP contribution in [0.4, 0.5) is 18.9 Å². The number of carbonyl (C=O) groups excluding carboxylic acids is 1. The van der Waals surface area contributed by atoms with E-state index in [4.69, 9.17) is 18.0 Å². The van der Waals surface area contributed by atoms with Crippen LogP contribution in [0.5, 0.6) is 0 Å². The topological polar surface area (TPSA) is 55.1 Å². The number of amides is 1. The lowest BCUT2D eigenvalue weighted by molar-refractivity contribution is -0.137. The van der Waals surface area contributed by atoms with Crippen molar-refractivity contribution in [2.24, 2.45) is 11.1 Å². The quantitative estimate of drug-likeness (QED) is 0.805. The van der Waals surface area contributed by atoms with Crippen LogP contribution in [0.15, 0.2) is 22.7 Å². The molecule has 108 valence electrons. The van der Waals surface area contributed by atoms with Crippen molar-refractivity contribution in [3.05, 3.63) is 28.2 Å². The molecule has 1 saturated carbocycles. The summed E-state index contributed by atoms with van der Waals surface area (Å²) in [7, 11) is 0. The number of hydrogen-bond donors (Lipinski definition) is 2. The molecule has 1 aromatic carbocycles. The fraction of sp³-hybridized carbons (Fsp3) is 0.333. The molecule has 1 amide bonds. The molecule has 1 aliphatic carbocycles. The summed E-state index contributed by atoms with van der Waals surface area (Å²) in [6, 6.07) is 3.04. The molecule has 0 saturated heterocycles. The van der Waals surface area contributed by atoms with E-state index in [2.05, 4.69) is 21.2 Å². The molecule has 0 heterocycles. The van der Waals surface area contributed by atoms with Crippen molar-refractivity contribution in [2.45, 2.75) is 19.0 Å². The Kier molecular flexibility index (Phi) is 3.81. The molecule has 1 aliphatic rings. The summed E-state index contributed by atoms with van der Waals surface area (Å²) in [5.41, 5.74) is 3.80. The fourth-order valence-corrected chi connectivity index (χ4v) is 2.39. The van der Waals surface area contributed by atoms with E-state index < -0.39 is 23.1 Å². The number of hydrogen-bond acceptors (Lipinski definition) is 2. The Labute approximate surface area is 126 Å². The van der Waals surface area contributed by atoms with Gasteiger partial charge < -0.3 is 11.1 Å². The number of nitrogens with two attached hydrogens (primary N) is 1. The first-order valence-electron chi connectivity index (χ1n) is 5.65. The predicted molar refractivity (Wildman–Crippen MR) is 76.2 cm³/mol. The second kappa shape index (κ2) is 5.00. The Balaban J connectivity index is 2.26. The standard InChI is InChI=1S/C12H10BrF3N2OS/c13-7-2-1-6(12(14,15)16)5-8(7)18-10(19)11(3-4-11)9(17)20/h1-2,5H,3-4H2,(H2,17,20)(H,18,19). The van der Waals surface area contributed by atoms with E-state index in [1.165, 1.54) is 6.07 Å². The highest BCUT2D eigenvalue weighted by Gasteiger charge is 2.52. The van der Waals surface area contributed by atoms with Crippen molar-refractivity contribution in [1.29, 1.82) is 0 Å². The molecule has 0 unspecified atom stereocenters. The number of thiocarbonyl (C=S) groups is 1. The molecule has 2 rings (SSSR count). The highest BCUT2D eigenvalue weighted by molar-refractivity contribution is 9.10. The van der Waals surface area contributed by atoms with Gasteiger partial charge in [-0.05, 0) is 47.0 Å². The zero-order valence-electron chi connectivity index (χ0n) is 10.1. The normalized spacial score (nSPS) is 16.6. The average Bonchev–Trinajstić information content (AvgIpc) is 3.11. The van der Waals surface area contributed by atoms with Crippen LogP contribution >= 0.6 is 28.1 Å². The third-order valence-corrected chi connectivity index (χ3v) is 4.28. The van der Waals surface area contributed by atoms with E-state index in [1.807, 2.05) is 0 Å². The zero-order valence-corrected chi connectivity index (χ0v) is 12.5. The largest absolute Gasteiger partial charge is 0.416 e. The van der Waals surface area contributed by atoms with Gasteiger partial charge >= 0.3 is 6.18 Å². The Hall–Kier alpha value is -1.15. The van der Waals surface area contributed by atoms with Gasteiger partial charge in [0.1, 0.15) is 0 Å². The second-order valence-electron chi connectivity index (χ2n) is 4.59. The van der Waals surface area contributed by atoms with Gasteiger partial charge in [-0.3, -0.25) is 4.79 Å². The lowest BCUT2D eigenvalue weighted by Gasteiger charge is -2.16. The number of carbonyl (C=O) groups is 1. The van der Waals surface area contributed by atoms with Gasteiger partial charge in [0, 0.05) is 4.47 Å². The molecule has 3 nitrogen and oxygen atoms in total. The number of rotatable bonds is 3. The van der Waals surface area contributed by atoms with Gasteiger partial charge in [0.05, 0.1) is 21.7 Å².